The normalized spacial score (nSPS) is 9.88. The van der Waals surface area contributed by atoms with E-state index in [1.807, 2.05) is 0 Å². The average molecular weight is 229 g/mol. The molecule has 86 valence electrons. The standard InChI is InChI=1S/C12H11N3O2/c13-10-7-9(16)1-2-11(10)15-12(17)8-3-5-14-6-4-8/h1-7,16H,13H2,(H,15,17). The molecule has 0 aliphatic carbocycles. The zero-order valence-corrected chi connectivity index (χ0v) is 8.92. The fourth-order valence-corrected chi connectivity index (χ4v) is 1.36. The largest absolute Gasteiger partial charge is 0.508 e. The molecule has 1 aromatic heterocycles. The number of rotatable bonds is 2. The SMILES string of the molecule is Nc1cc(O)ccc1NC(=O)c1ccncc1. The van der Waals surface area contributed by atoms with Crippen molar-refractivity contribution >= 4 is 17.3 Å². The molecule has 2 aromatic rings. The molecule has 0 spiro atoms. The third-order valence-corrected chi connectivity index (χ3v) is 2.23. The summed E-state index contributed by atoms with van der Waals surface area (Å²) in [4.78, 5) is 15.6. The first-order valence-electron chi connectivity index (χ1n) is 4.96. The number of aromatic nitrogens is 1. The second kappa shape index (κ2) is 4.52. The summed E-state index contributed by atoms with van der Waals surface area (Å²) in [6.45, 7) is 0. The van der Waals surface area contributed by atoms with Crippen molar-refractivity contribution in [1.82, 2.24) is 4.98 Å². The number of hydrogen-bond donors (Lipinski definition) is 3. The van der Waals surface area contributed by atoms with Gasteiger partial charge in [-0.1, -0.05) is 0 Å². The van der Waals surface area contributed by atoms with Crippen LogP contribution in [0, 0.1) is 0 Å². The molecule has 0 unspecified atom stereocenters. The Kier molecular flexibility index (Phi) is 2.91. The number of nitrogens with one attached hydrogen (secondary N) is 1. The quantitative estimate of drug-likeness (QED) is 0.539. The van der Waals surface area contributed by atoms with Gasteiger partial charge in [-0.15, -0.1) is 0 Å². The number of nitrogens with zero attached hydrogens (tertiary/aromatic N) is 1. The van der Waals surface area contributed by atoms with E-state index < -0.39 is 0 Å². The molecule has 0 bridgehead atoms. The van der Waals surface area contributed by atoms with Gasteiger partial charge in [0.2, 0.25) is 0 Å². The zero-order valence-electron chi connectivity index (χ0n) is 8.92. The first kappa shape index (κ1) is 10.9. The number of phenolic OH excluding ortho intramolecular Hbond substituents is 1. The number of anilines is 2. The summed E-state index contributed by atoms with van der Waals surface area (Å²) >= 11 is 0. The summed E-state index contributed by atoms with van der Waals surface area (Å²) in [5.74, 6) is -0.214. The van der Waals surface area contributed by atoms with E-state index in [9.17, 15) is 9.90 Å². The monoisotopic (exact) mass is 229 g/mol. The number of hydrogen-bond acceptors (Lipinski definition) is 4. The molecule has 0 aliphatic rings. The van der Waals surface area contributed by atoms with Gasteiger partial charge < -0.3 is 16.2 Å². The van der Waals surface area contributed by atoms with Crippen LogP contribution in [0.2, 0.25) is 0 Å². The number of pyridine rings is 1. The van der Waals surface area contributed by atoms with Crippen molar-refractivity contribution in [2.45, 2.75) is 0 Å². The lowest BCUT2D eigenvalue weighted by molar-refractivity contribution is 0.102. The van der Waals surface area contributed by atoms with Crippen LogP contribution in [0.25, 0.3) is 0 Å². The average Bonchev–Trinajstić information content (AvgIpc) is 2.34. The number of benzene rings is 1. The minimum Gasteiger partial charge on any atom is -0.508 e. The predicted molar refractivity (Wildman–Crippen MR) is 64.7 cm³/mol. The van der Waals surface area contributed by atoms with Gasteiger partial charge in [-0.2, -0.15) is 0 Å². The molecule has 1 amide bonds. The maximum atomic E-state index is 11.8. The molecule has 4 N–H and O–H groups in total. The number of aromatic hydroxyl groups is 1. The van der Waals surface area contributed by atoms with Crippen LogP contribution in [0.4, 0.5) is 11.4 Å². The fourth-order valence-electron chi connectivity index (χ4n) is 1.36. The van der Waals surface area contributed by atoms with Crippen molar-refractivity contribution in [3.63, 3.8) is 0 Å². The smallest absolute Gasteiger partial charge is 0.255 e. The summed E-state index contributed by atoms with van der Waals surface area (Å²) in [5.41, 5.74) is 6.93. The highest BCUT2D eigenvalue weighted by atomic mass is 16.3. The Morgan fingerprint density at radius 1 is 1.24 bits per heavy atom. The molecule has 2 rings (SSSR count). The van der Waals surface area contributed by atoms with Gasteiger partial charge in [0.15, 0.2) is 0 Å². The van der Waals surface area contributed by atoms with Gasteiger partial charge in [0.05, 0.1) is 11.4 Å². The number of amides is 1. The van der Waals surface area contributed by atoms with Gasteiger partial charge in [-0.25, -0.2) is 0 Å². The summed E-state index contributed by atoms with van der Waals surface area (Å²) in [5, 5.41) is 11.8. The van der Waals surface area contributed by atoms with Crippen molar-refractivity contribution in [3.8, 4) is 5.75 Å². The van der Waals surface area contributed by atoms with Gasteiger partial charge in [-0.05, 0) is 24.3 Å². The lowest BCUT2D eigenvalue weighted by atomic mass is 10.2. The summed E-state index contributed by atoms with van der Waals surface area (Å²) < 4.78 is 0. The predicted octanol–water partition coefficient (Wildman–Crippen LogP) is 1.62. The van der Waals surface area contributed by atoms with Crippen LogP contribution in [0.1, 0.15) is 10.4 Å². The fraction of sp³-hybridized carbons (Fsp3) is 0. The number of carbonyl (C=O) groups is 1. The Bertz CT molecular complexity index is 541. The first-order valence-corrected chi connectivity index (χ1v) is 4.96. The highest BCUT2D eigenvalue weighted by Crippen LogP contribution is 2.23. The summed E-state index contributed by atoms with van der Waals surface area (Å²) in [6.07, 6.45) is 3.07. The van der Waals surface area contributed by atoms with Crippen molar-refractivity contribution in [3.05, 3.63) is 48.3 Å². The van der Waals surface area contributed by atoms with Gasteiger partial charge in [0.25, 0.3) is 5.91 Å². The second-order valence-corrected chi connectivity index (χ2v) is 3.46. The molecule has 5 heteroatoms. The minimum absolute atomic E-state index is 0.0596. The van der Waals surface area contributed by atoms with Crippen LogP contribution in [-0.4, -0.2) is 16.0 Å². The Labute approximate surface area is 97.9 Å². The topological polar surface area (TPSA) is 88.2 Å². The molecule has 0 radical (unpaired) electrons. The molecule has 0 saturated carbocycles. The molecule has 1 aromatic carbocycles. The Hall–Kier alpha value is -2.56. The lowest BCUT2D eigenvalue weighted by Crippen LogP contribution is -2.13. The van der Waals surface area contributed by atoms with Crippen molar-refractivity contribution < 1.29 is 9.90 Å². The van der Waals surface area contributed by atoms with Crippen molar-refractivity contribution in [1.29, 1.82) is 0 Å². The van der Waals surface area contributed by atoms with Crippen LogP contribution in [0.15, 0.2) is 42.7 Å². The van der Waals surface area contributed by atoms with E-state index in [2.05, 4.69) is 10.3 Å². The number of carbonyl (C=O) groups excluding carboxylic acids is 1. The number of nitrogen functional groups attached to an aromatic ring is 1. The van der Waals surface area contributed by atoms with Crippen LogP contribution in [0.5, 0.6) is 5.75 Å². The molecular formula is C12H11N3O2. The maximum Gasteiger partial charge on any atom is 0.255 e. The van der Waals surface area contributed by atoms with Crippen LogP contribution >= 0.6 is 0 Å². The Morgan fingerprint density at radius 3 is 2.59 bits per heavy atom. The molecule has 0 aliphatic heterocycles. The van der Waals surface area contributed by atoms with E-state index >= 15 is 0 Å². The van der Waals surface area contributed by atoms with E-state index in [1.165, 1.54) is 24.5 Å². The highest BCUT2D eigenvalue weighted by molar-refractivity contribution is 6.05. The third kappa shape index (κ3) is 2.52. The Morgan fingerprint density at radius 2 is 1.94 bits per heavy atom. The second-order valence-electron chi connectivity index (χ2n) is 3.46. The van der Waals surface area contributed by atoms with E-state index in [4.69, 9.17) is 5.73 Å². The van der Waals surface area contributed by atoms with E-state index in [-0.39, 0.29) is 11.7 Å². The van der Waals surface area contributed by atoms with Gasteiger partial charge in [0.1, 0.15) is 5.75 Å². The van der Waals surface area contributed by atoms with E-state index in [0.717, 1.165) is 0 Å². The molecule has 5 nitrogen and oxygen atoms in total. The molecule has 1 heterocycles. The summed E-state index contributed by atoms with van der Waals surface area (Å²) in [7, 11) is 0. The Balaban J connectivity index is 2.19. The summed E-state index contributed by atoms with van der Waals surface area (Å²) in [6, 6.07) is 7.59. The van der Waals surface area contributed by atoms with Gasteiger partial charge in [-0.3, -0.25) is 9.78 Å². The van der Waals surface area contributed by atoms with Crippen LogP contribution in [-0.2, 0) is 0 Å². The number of nitrogens with two attached hydrogens (primary N) is 1. The molecule has 0 fully saturated rings. The lowest BCUT2D eigenvalue weighted by Gasteiger charge is -2.08. The zero-order chi connectivity index (χ0) is 12.3. The van der Waals surface area contributed by atoms with Crippen molar-refractivity contribution in [2.75, 3.05) is 11.1 Å². The van der Waals surface area contributed by atoms with Crippen LogP contribution in [0.3, 0.4) is 0 Å². The van der Waals surface area contributed by atoms with Crippen LogP contribution < -0.4 is 11.1 Å². The highest BCUT2D eigenvalue weighted by Gasteiger charge is 2.07. The van der Waals surface area contributed by atoms with Gasteiger partial charge >= 0.3 is 0 Å². The van der Waals surface area contributed by atoms with E-state index in [0.29, 0.717) is 16.9 Å². The first-order chi connectivity index (χ1) is 8.16. The third-order valence-electron chi connectivity index (χ3n) is 2.23. The minimum atomic E-state index is -0.273. The van der Waals surface area contributed by atoms with Crippen molar-refractivity contribution in [2.24, 2.45) is 0 Å². The molecule has 0 atom stereocenters. The number of phenols is 1. The molecular weight excluding hydrogens is 218 g/mol. The molecule has 0 saturated heterocycles. The van der Waals surface area contributed by atoms with Gasteiger partial charge in [0, 0.05) is 24.0 Å². The molecule has 17 heavy (non-hydrogen) atoms. The van der Waals surface area contributed by atoms with E-state index in [1.54, 1.807) is 18.2 Å². The maximum absolute atomic E-state index is 11.8.